The van der Waals surface area contributed by atoms with Crippen molar-refractivity contribution in [3.05, 3.63) is 18.2 Å². The van der Waals surface area contributed by atoms with Crippen LogP contribution < -0.4 is 22.1 Å². The van der Waals surface area contributed by atoms with Crippen molar-refractivity contribution in [1.29, 1.82) is 0 Å². The second kappa shape index (κ2) is 12.1. The molecule has 1 aliphatic heterocycles. The number of H-pyrrole nitrogens is 1. The molecule has 1 fully saturated rings. The normalized spacial score (nSPS) is 19.0. The molecular formula is C20H31N7O7. The SMILES string of the molecule is CC(O)C(NC(=O)C1CCCN1C(=O)C(Cc1cnc[nH]1)NC(=O)C(N)CCC(N)=O)C(=O)O. The maximum Gasteiger partial charge on any atom is 0.328 e. The molecule has 14 nitrogen and oxygen atoms in total. The van der Waals surface area contributed by atoms with E-state index in [1.165, 1.54) is 24.3 Å². The number of aliphatic carboxylic acids is 1. The second-order valence-electron chi connectivity index (χ2n) is 8.21. The Labute approximate surface area is 195 Å². The first kappa shape index (κ1) is 26.7. The van der Waals surface area contributed by atoms with Crippen LogP contribution in [0.2, 0.25) is 0 Å². The highest BCUT2D eigenvalue weighted by Crippen LogP contribution is 2.20. The van der Waals surface area contributed by atoms with E-state index in [-0.39, 0.29) is 32.2 Å². The fourth-order valence-corrected chi connectivity index (χ4v) is 3.67. The van der Waals surface area contributed by atoms with Gasteiger partial charge in [0.2, 0.25) is 23.6 Å². The number of amides is 4. The van der Waals surface area contributed by atoms with E-state index in [0.717, 1.165) is 0 Å². The molecular weight excluding hydrogens is 450 g/mol. The molecule has 2 heterocycles. The minimum Gasteiger partial charge on any atom is -0.480 e. The van der Waals surface area contributed by atoms with Crippen molar-refractivity contribution in [2.45, 2.75) is 69.3 Å². The Hall–Kier alpha value is -3.52. The van der Waals surface area contributed by atoms with Gasteiger partial charge in [-0.05, 0) is 26.2 Å². The molecule has 5 unspecified atom stereocenters. The summed E-state index contributed by atoms with van der Waals surface area (Å²) in [4.78, 5) is 69.0. The van der Waals surface area contributed by atoms with E-state index in [1.54, 1.807) is 0 Å². The lowest BCUT2D eigenvalue weighted by Gasteiger charge is -2.30. The number of primary amides is 1. The summed E-state index contributed by atoms with van der Waals surface area (Å²) >= 11 is 0. The number of aliphatic hydroxyl groups is 1. The third-order valence-electron chi connectivity index (χ3n) is 5.52. The molecule has 0 spiro atoms. The Morgan fingerprint density at radius 3 is 2.56 bits per heavy atom. The molecule has 1 aromatic rings. The lowest BCUT2D eigenvalue weighted by molar-refractivity contribution is -0.147. The van der Waals surface area contributed by atoms with Crippen LogP contribution in [0.3, 0.4) is 0 Å². The molecule has 0 bridgehead atoms. The third kappa shape index (κ3) is 7.25. The number of carbonyl (C=O) groups is 5. The smallest absolute Gasteiger partial charge is 0.328 e. The van der Waals surface area contributed by atoms with E-state index < -0.39 is 59.9 Å². The van der Waals surface area contributed by atoms with E-state index in [2.05, 4.69) is 20.6 Å². The Balaban J connectivity index is 2.16. The van der Waals surface area contributed by atoms with Crippen LogP contribution in [0, 0.1) is 0 Å². The monoisotopic (exact) mass is 481 g/mol. The van der Waals surface area contributed by atoms with Crippen LogP contribution in [-0.2, 0) is 30.4 Å². The quantitative estimate of drug-likeness (QED) is 0.161. The van der Waals surface area contributed by atoms with Gasteiger partial charge in [0.1, 0.15) is 12.1 Å². The number of hydrogen-bond donors (Lipinski definition) is 7. The van der Waals surface area contributed by atoms with Crippen molar-refractivity contribution >= 4 is 29.6 Å². The number of nitrogens with one attached hydrogen (secondary N) is 3. The lowest BCUT2D eigenvalue weighted by atomic mass is 10.1. The lowest BCUT2D eigenvalue weighted by Crippen LogP contribution is -2.58. The standard InChI is InChI=1S/C20H31N7O7/c1-10(28)16(20(33)34)26-18(31)14-3-2-6-27(14)19(32)13(7-11-8-23-9-24-11)25-17(30)12(21)4-5-15(22)29/h8-10,12-14,16,28H,2-7,21H2,1H3,(H2,22,29)(H,23,24)(H,25,30)(H,26,31)(H,33,34). The molecule has 34 heavy (non-hydrogen) atoms. The van der Waals surface area contributed by atoms with Gasteiger partial charge in [-0.1, -0.05) is 0 Å². The Kier molecular flexibility index (Phi) is 9.50. The van der Waals surface area contributed by atoms with Crippen LogP contribution in [0.4, 0.5) is 0 Å². The van der Waals surface area contributed by atoms with Gasteiger partial charge in [0, 0.05) is 31.3 Å². The molecule has 9 N–H and O–H groups in total. The Bertz CT molecular complexity index is 890. The summed E-state index contributed by atoms with van der Waals surface area (Å²) in [5.74, 6) is -3.97. The number of hydrogen-bond acceptors (Lipinski definition) is 8. The second-order valence-corrected chi connectivity index (χ2v) is 8.21. The first-order valence-electron chi connectivity index (χ1n) is 10.8. The van der Waals surface area contributed by atoms with Crippen LogP contribution in [-0.4, -0.2) is 91.5 Å². The van der Waals surface area contributed by atoms with Crippen LogP contribution >= 0.6 is 0 Å². The number of rotatable bonds is 12. The minimum absolute atomic E-state index is 0.00317. The van der Waals surface area contributed by atoms with Gasteiger partial charge in [-0.3, -0.25) is 19.2 Å². The highest BCUT2D eigenvalue weighted by molar-refractivity contribution is 5.94. The number of carbonyl (C=O) groups excluding carboxylic acids is 4. The molecule has 1 aromatic heterocycles. The summed E-state index contributed by atoms with van der Waals surface area (Å²) in [6.07, 6.45) is 2.24. The van der Waals surface area contributed by atoms with Crippen molar-refractivity contribution in [2.75, 3.05) is 6.54 Å². The summed E-state index contributed by atoms with van der Waals surface area (Å²) in [5.41, 5.74) is 11.5. The summed E-state index contributed by atoms with van der Waals surface area (Å²) < 4.78 is 0. The molecule has 14 heteroatoms. The van der Waals surface area contributed by atoms with Gasteiger partial charge in [0.05, 0.1) is 18.5 Å². The van der Waals surface area contributed by atoms with Crippen LogP contribution in [0.15, 0.2) is 12.5 Å². The Morgan fingerprint density at radius 2 is 2.00 bits per heavy atom. The highest BCUT2D eigenvalue weighted by atomic mass is 16.4. The van der Waals surface area contributed by atoms with Gasteiger partial charge in [-0.15, -0.1) is 0 Å². The maximum absolute atomic E-state index is 13.4. The largest absolute Gasteiger partial charge is 0.480 e. The number of aromatic amines is 1. The van der Waals surface area contributed by atoms with Gasteiger partial charge in [-0.25, -0.2) is 9.78 Å². The summed E-state index contributed by atoms with van der Waals surface area (Å²) in [7, 11) is 0. The van der Waals surface area contributed by atoms with Gasteiger partial charge >= 0.3 is 5.97 Å². The molecule has 1 aliphatic rings. The van der Waals surface area contributed by atoms with Gasteiger partial charge in [-0.2, -0.15) is 0 Å². The third-order valence-corrected chi connectivity index (χ3v) is 5.52. The Morgan fingerprint density at radius 1 is 1.29 bits per heavy atom. The number of nitrogens with zero attached hydrogens (tertiary/aromatic N) is 2. The molecule has 188 valence electrons. The van der Waals surface area contributed by atoms with Crippen LogP contribution in [0.1, 0.15) is 38.3 Å². The zero-order chi connectivity index (χ0) is 25.4. The molecule has 1 saturated heterocycles. The van der Waals surface area contributed by atoms with Crippen molar-refractivity contribution in [2.24, 2.45) is 11.5 Å². The zero-order valence-corrected chi connectivity index (χ0v) is 18.8. The number of likely N-dealkylation sites (tertiary alicyclic amines) is 1. The summed E-state index contributed by atoms with van der Waals surface area (Å²) in [5, 5.41) is 23.7. The molecule has 2 rings (SSSR count). The first-order valence-corrected chi connectivity index (χ1v) is 10.8. The maximum atomic E-state index is 13.4. The number of aliphatic hydroxyl groups excluding tert-OH is 1. The van der Waals surface area contributed by atoms with Crippen LogP contribution in [0.5, 0.6) is 0 Å². The molecule has 4 amide bonds. The zero-order valence-electron chi connectivity index (χ0n) is 18.8. The topological polar surface area (TPSA) is 234 Å². The molecule has 0 saturated carbocycles. The summed E-state index contributed by atoms with van der Waals surface area (Å²) in [6, 6.07) is -4.69. The van der Waals surface area contributed by atoms with Gasteiger partial charge in [0.15, 0.2) is 6.04 Å². The van der Waals surface area contributed by atoms with Crippen molar-refractivity contribution < 1.29 is 34.2 Å². The number of imidazole rings is 1. The average Bonchev–Trinajstić information content (AvgIpc) is 3.46. The van der Waals surface area contributed by atoms with Crippen molar-refractivity contribution in [3.8, 4) is 0 Å². The van der Waals surface area contributed by atoms with E-state index in [9.17, 15) is 34.2 Å². The fraction of sp³-hybridized carbons (Fsp3) is 0.600. The summed E-state index contributed by atoms with van der Waals surface area (Å²) in [6.45, 7) is 1.44. The minimum atomic E-state index is -1.53. The number of carboxylic acids is 1. The predicted octanol–water partition coefficient (Wildman–Crippen LogP) is -3.03. The van der Waals surface area contributed by atoms with E-state index in [1.807, 2.05) is 0 Å². The molecule has 0 radical (unpaired) electrons. The highest BCUT2D eigenvalue weighted by Gasteiger charge is 2.39. The van der Waals surface area contributed by atoms with Gasteiger partial charge in [0.25, 0.3) is 0 Å². The van der Waals surface area contributed by atoms with Crippen molar-refractivity contribution in [1.82, 2.24) is 25.5 Å². The van der Waals surface area contributed by atoms with Gasteiger partial charge < -0.3 is 42.2 Å². The number of nitrogens with two attached hydrogens (primary N) is 2. The van der Waals surface area contributed by atoms with Crippen LogP contribution in [0.25, 0.3) is 0 Å². The number of aromatic nitrogens is 2. The first-order chi connectivity index (χ1) is 16.0. The molecule has 0 aromatic carbocycles. The van der Waals surface area contributed by atoms with E-state index >= 15 is 0 Å². The number of carboxylic acid groups (broad SMARTS) is 1. The fourth-order valence-electron chi connectivity index (χ4n) is 3.67. The average molecular weight is 482 g/mol. The predicted molar refractivity (Wildman–Crippen MR) is 117 cm³/mol. The van der Waals surface area contributed by atoms with E-state index in [0.29, 0.717) is 12.1 Å². The van der Waals surface area contributed by atoms with E-state index in [4.69, 9.17) is 11.5 Å². The molecule has 0 aliphatic carbocycles. The van der Waals surface area contributed by atoms with Crippen molar-refractivity contribution in [3.63, 3.8) is 0 Å². The molecule has 5 atom stereocenters.